The molecule has 0 radical (unpaired) electrons. The first-order valence-electron chi connectivity index (χ1n) is 18.6. The number of benzene rings is 2. The van der Waals surface area contributed by atoms with Crippen molar-refractivity contribution in [3.63, 3.8) is 0 Å². The molecule has 0 aromatic heterocycles. The lowest BCUT2D eigenvalue weighted by Gasteiger charge is -2.53. The largest absolute Gasteiger partial charge is 0.474 e. The smallest absolute Gasteiger partial charge is 0.394 e. The SMILES string of the molecule is CC(C)C[C@@H](NC(=O)[C@@H](Cc1ccccc1)NC(=O)[C@H](N)Cc1ccccc1)C(=O)N[C@H](CCCCN)C(=O)N1CCC2(CC1)CN(C(=O)C(=O)O)C2.Cl.Cl. The van der Waals surface area contributed by atoms with Gasteiger partial charge in [0.2, 0.25) is 23.6 Å². The van der Waals surface area contributed by atoms with Gasteiger partial charge in [-0.25, -0.2) is 4.79 Å². The van der Waals surface area contributed by atoms with Crippen LogP contribution in [0.3, 0.4) is 0 Å². The first kappa shape index (κ1) is 46.9. The van der Waals surface area contributed by atoms with Crippen LogP contribution in [0.5, 0.6) is 0 Å². The van der Waals surface area contributed by atoms with Crippen molar-refractivity contribution in [3.8, 4) is 0 Å². The lowest BCUT2D eigenvalue weighted by molar-refractivity contribution is -0.165. The van der Waals surface area contributed by atoms with Gasteiger partial charge in [0.25, 0.3) is 0 Å². The fourth-order valence-electron chi connectivity index (χ4n) is 7.08. The molecule has 0 bridgehead atoms. The van der Waals surface area contributed by atoms with E-state index in [0.717, 1.165) is 11.1 Å². The normalized spacial score (nSPS) is 16.6. The summed E-state index contributed by atoms with van der Waals surface area (Å²) in [6.07, 6.45) is 3.60. The molecule has 2 aliphatic heterocycles. The van der Waals surface area contributed by atoms with Gasteiger partial charge in [-0.1, -0.05) is 74.5 Å². The zero-order valence-corrected chi connectivity index (χ0v) is 33.2. The maximum atomic E-state index is 14.0. The Balaban J connectivity index is 0.00000523. The Labute approximate surface area is 335 Å². The Morgan fingerprint density at radius 2 is 1.24 bits per heavy atom. The van der Waals surface area contributed by atoms with Gasteiger partial charge in [0.15, 0.2) is 0 Å². The van der Waals surface area contributed by atoms with E-state index in [0.29, 0.717) is 71.2 Å². The van der Waals surface area contributed by atoms with Gasteiger partial charge in [-0.3, -0.25) is 24.0 Å². The zero-order valence-electron chi connectivity index (χ0n) is 31.6. The fraction of sp³-hybridized carbons (Fsp3) is 0.538. The van der Waals surface area contributed by atoms with Crippen molar-refractivity contribution in [1.29, 1.82) is 0 Å². The maximum absolute atomic E-state index is 14.0. The van der Waals surface area contributed by atoms with Gasteiger partial charge in [0.05, 0.1) is 6.04 Å². The van der Waals surface area contributed by atoms with Crippen LogP contribution in [-0.2, 0) is 41.6 Å². The molecule has 0 unspecified atom stereocenters. The summed E-state index contributed by atoms with van der Waals surface area (Å²) < 4.78 is 0. The number of carbonyl (C=O) groups is 6. The molecule has 55 heavy (non-hydrogen) atoms. The molecule has 0 aliphatic carbocycles. The van der Waals surface area contributed by atoms with E-state index in [-0.39, 0.29) is 54.9 Å². The number of hydrogen-bond donors (Lipinski definition) is 6. The third-order valence-electron chi connectivity index (χ3n) is 10.1. The van der Waals surface area contributed by atoms with Crippen LogP contribution in [0.25, 0.3) is 0 Å². The van der Waals surface area contributed by atoms with E-state index in [4.69, 9.17) is 16.6 Å². The minimum absolute atomic E-state index is 0. The van der Waals surface area contributed by atoms with Gasteiger partial charge < -0.3 is 42.3 Å². The summed E-state index contributed by atoms with van der Waals surface area (Å²) in [4.78, 5) is 81.0. The molecule has 4 atom stereocenters. The van der Waals surface area contributed by atoms with Gasteiger partial charge in [-0.15, -0.1) is 24.8 Å². The molecule has 304 valence electrons. The number of unbranched alkanes of at least 4 members (excludes halogenated alkanes) is 1. The predicted octanol–water partition coefficient (Wildman–Crippen LogP) is 1.81. The summed E-state index contributed by atoms with van der Waals surface area (Å²) >= 11 is 0. The van der Waals surface area contributed by atoms with E-state index >= 15 is 0 Å². The Bertz CT molecular complexity index is 1570. The minimum Gasteiger partial charge on any atom is -0.474 e. The van der Waals surface area contributed by atoms with Crippen molar-refractivity contribution in [2.75, 3.05) is 32.7 Å². The summed E-state index contributed by atoms with van der Waals surface area (Å²) in [6.45, 7) is 5.81. The number of rotatable bonds is 17. The summed E-state index contributed by atoms with van der Waals surface area (Å²) in [5, 5.41) is 17.7. The third kappa shape index (κ3) is 13.8. The van der Waals surface area contributed by atoms with Crippen molar-refractivity contribution in [3.05, 3.63) is 71.8 Å². The third-order valence-corrected chi connectivity index (χ3v) is 10.1. The van der Waals surface area contributed by atoms with Crippen LogP contribution in [0.4, 0.5) is 0 Å². The van der Waals surface area contributed by atoms with Crippen molar-refractivity contribution >= 4 is 60.3 Å². The molecular formula is C39H57Cl2N7O7. The number of amides is 5. The molecule has 2 heterocycles. The standard InChI is InChI=1S/C39H55N7O7.2ClH/c1-26(2)21-31(44-35(49)32(23-28-13-7-4-8-14-28)43-33(47)29(41)22-27-11-5-3-6-12-27)34(48)42-30(15-9-10-18-40)36(50)45-19-16-39(17-20-45)24-46(25-39)37(51)38(52)53;;/h3-8,11-14,26,29-32H,9-10,15-25,40-41H2,1-2H3,(H,42,48)(H,43,47)(H,44,49)(H,52,53);2*1H/t29-,30-,31-,32-;;/m1../s1. The van der Waals surface area contributed by atoms with Crippen molar-refractivity contribution in [2.24, 2.45) is 22.8 Å². The number of nitrogens with zero attached hydrogens (tertiary/aromatic N) is 2. The number of likely N-dealkylation sites (tertiary alicyclic amines) is 2. The van der Waals surface area contributed by atoms with Crippen LogP contribution in [-0.4, -0.2) is 107 Å². The van der Waals surface area contributed by atoms with E-state index in [9.17, 15) is 28.8 Å². The monoisotopic (exact) mass is 805 g/mol. The molecule has 4 rings (SSSR count). The van der Waals surface area contributed by atoms with Crippen molar-refractivity contribution < 1.29 is 33.9 Å². The van der Waals surface area contributed by atoms with E-state index in [2.05, 4.69) is 16.0 Å². The first-order chi connectivity index (χ1) is 25.3. The first-order valence-corrected chi connectivity index (χ1v) is 18.6. The second-order valence-electron chi connectivity index (χ2n) is 14.9. The number of hydrogen-bond acceptors (Lipinski definition) is 8. The van der Waals surface area contributed by atoms with E-state index < -0.39 is 53.8 Å². The summed E-state index contributed by atoms with van der Waals surface area (Å²) in [6, 6.07) is 14.8. The Hall–Kier alpha value is -4.24. The Kier molecular flexibility index (Phi) is 19.1. The highest BCUT2D eigenvalue weighted by molar-refractivity contribution is 6.31. The van der Waals surface area contributed by atoms with Gasteiger partial charge in [0.1, 0.15) is 18.1 Å². The molecule has 1 spiro atoms. The van der Waals surface area contributed by atoms with Crippen LogP contribution >= 0.6 is 24.8 Å². The molecule has 14 nitrogen and oxygen atoms in total. The second-order valence-corrected chi connectivity index (χ2v) is 14.9. The number of halogens is 2. The lowest BCUT2D eigenvalue weighted by Crippen LogP contribution is -2.64. The van der Waals surface area contributed by atoms with Crippen molar-refractivity contribution in [1.82, 2.24) is 25.8 Å². The second kappa shape index (κ2) is 22.3. The molecule has 2 aliphatic rings. The number of carboxylic acid groups (broad SMARTS) is 1. The predicted molar refractivity (Wildman–Crippen MR) is 213 cm³/mol. The lowest BCUT2D eigenvalue weighted by atomic mass is 9.72. The maximum Gasteiger partial charge on any atom is 0.394 e. The molecular weight excluding hydrogens is 749 g/mol. The Morgan fingerprint density at radius 3 is 1.76 bits per heavy atom. The molecule has 2 aromatic carbocycles. The number of carbonyl (C=O) groups excluding carboxylic acids is 5. The molecule has 2 aromatic rings. The van der Waals surface area contributed by atoms with Crippen LogP contribution in [0.2, 0.25) is 0 Å². The quantitative estimate of drug-likeness (QED) is 0.101. The van der Waals surface area contributed by atoms with E-state index in [1.807, 2.05) is 74.5 Å². The Morgan fingerprint density at radius 1 is 0.727 bits per heavy atom. The molecule has 5 amide bonds. The van der Waals surface area contributed by atoms with E-state index in [1.54, 1.807) is 4.90 Å². The highest BCUT2D eigenvalue weighted by atomic mass is 35.5. The van der Waals surface area contributed by atoms with Gasteiger partial charge >= 0.3 is 11.9 Å². The van der Waals surface area contributed by atoms with Crippen LogP contribution in [0.1, 0.15) is 63.5 Å². The molecule has 0 saturated carbocycles. The van der Waals surface area contributed by atoms with Gasteiger partial charge in [-0.2, -0.15) is 0 Å². The summed E-state index contributed by atoms with van der Waals surface area (Å²) in [7, 11) is 0. The molecule has 16 heteroatoms. The number of piperidine rings is 1. The highest BCUT2D eigenvalue weighted by Gasteiger charge is 2.49. The molecule has 2 saturated heterocycles. The minimum atomic E-state index is -1.48. The molecule has 8 N–H and O–H groups in total. The number of carboxylic acids is 1. The number of nitrogens with two attached hydrogens (primary N) is 2. The number of nitrogens with one attached hydrogen (secondary N) is 3. The summed E-state index contributed by atoms with van der Waals surface area (Å²) in [5.74, 6) is -4.16. The van der Waals surface area contributed by atoms with E-state index in [1.165, 1.54) is 4.90 Å². The van der Waals surface area contributed by atoms with Crippen LogP contribution in [0, 0.1) is 11.3 Å². The highest BCUT2D eigenvalue weighted by Crippen LogP contribution is 2.40. The number of aliphatic carboxylic acids is 1. The van der Waals surface area contributed by atoms with Crippen molar-refractivity contribution in [2.45, 2.75) is 89.4 Å². The molecule has 2 fully saturated rings. The van der Waals surface area contributed by atoms with Crippen LogP contribution < -0.4 is 27.4 Å². The topological polar surface area (TPSA) is 217 Å². The zero-order chi connectivity index (χ0) is 38.5. The van der Waals surface area contributed by atoms with Gasteiger partial charge in [0, 0.05) is 38.0 Å². The fourth-order valence-corrected chi connectivity index (χ4v) is 7.08. The summed E-state index contributed by atoms with van der Waals surface area (Å²) in [5.41, 5.74) is 13.5. The average Bonchev–Trinajstić information content (AvgIpc) is 3.12. The van der Waals surface area contributed by atoms with Crippen LogP contribution in [0.15, 0.2) is 60.7 Å². The average molecular weight is 807 g/mol. The van der Waals surface area contributed by atoms with Gasteiger partial charge in [-0.05, 0) is 68.5 Å².